The topological polar surface area (TPSA) is 52.4 Å². The summed E-state index contributed by atoms with van der Waals surface area (Å²) in [6, 6.07) is 4.40. The molecule has 5 heteroatoms. The van der Waals surface area contributed by atoms with Gasteiger partial charge in [-0.2, -0.15) is 0 Å². The van der Waals surface area contributed by atoms with E-state index in [0.717, 1.165) is 0 Å². The van der Waals surface area contributed by atoms with Crippen LogP contribution in [-0.4, -0.2) is 19.9 Å². The number of methoxy groups -OCH3 is 1. The van der Waals surface area contributed by atoms with E-state index in [1.807, 2.05) is 0 Å². The van der Waals surface area contributed by atoms with Crippen LogP contribution in [0.15, 0.2) is 18.2 Å². The Balaban J connectivity index is 3.27. The van der Waals surface area contributed by atoms with Crippen molar-refractivity contribution in [1.82, 2.24) is 0 Å². The van der Waals surface area contributed by atoms with Crippen LogP contribution in [0.25, 0.3) is 0 Å². The minimum absolute atomic E-state index is 0.113. The maximum atomic E-state index is 10.4. The molecule has 0 saturated carbocycles. The molecular weight excluding hydrogens is 157 g/mol. The van der Waals surface area contributed by atoms with Crippen molar-refractivity contribution in [3.8, 4) is 5.75 Å². The van der Waals surface area contributed by atoms with Crippen LogP contribution in [-0.2, 0) is 0 Å². The Morgan fingerprint density at radius 1 is 1.58 bits per heavy atom. The van der Waals surface area contributed by atoms with Crippen LogP contribution in [0.2, 0.25) is 0 Å². The van der Waals surface area contributed by atoms with Gasteiger partial charge in [0.05, 0.1) is 12.0 Å². The summed E-state index contributed by atoms with van der Waals surface area (Å²) >= 11 is 0. The highest BCUT2D eigenvalue weighted by Gasteiger charge is 2.14. The third-order valence-corrected chi connectivity index (χ3v) is 1.43. The lowest BCUT2D eigenvalue weighted by Gasteiger charge is -2.03. The Bertz CT molecular complexity index is 314. The number of hydrogen-bond acceptors (Lipinski definition) is 3. The van der Waals surface area contributed by atoms with Crippen molar-refractivity contribution in [1.29, 1.82) is 0 Å². The largest absolute Gasteiger partial charge is 0.491 e. The van der Waals surface area contributed by atoms with E-state index in [0.29, 0.717) is 0 Å². The highest BCUT2D eigenvalue weighted by molar-refractivity contribution is 6.34. The molecular formula is C7H6BNO3. The van der Waals surface area contributed by atoms with Crippen molar-refractivity contribution >= 4 is 19.0 Å². The molecule has 1 aromatic rings. The molecule has 60 valence electrons. The molecule has 0 spiro atoms. The quantitative estimate of drug-likeness (QED) is 0.360. The van der Waals surface area contributed by atoms with Gasteiger partial charge in [-0.15, -0.1) is 0 Å². The zero-order valence-corrected chi connectivity index (χ0v) is 6.48. The van der Waals surface area contributed by atoms with Gasteiger partial charge in [0.15, 0.2) is 5.75 Å². The Hall–Kier alpha value is -1.52. The molecule has 1 aromatic carbocycles. The van der Waals surface area contributed by atoms with Gasteiger partial charge in [-0.1, -0.05) is 12.1 Å². The van der Waals surface area contributed by atoms with Crippen molar-refractivity contribution in [3.05, 3.63) is 28.3 Å². The minimum Gasteiger partial charge on any atom is -0.491 e. The van der Waals surface area contributed by atoms with Crippen molar-refractivity contribution in [2.45, 2.75) is 0 Å². The highest BCUT2D eigenvalue weighted by atomic mass is 16.6. The monoisotopic (exact) mass is 163 g/mol. The summed E-state index contributed by atoms with van der Waals surface area (Å²) in [5.41, 5.74) is 0.157. The van der Waals surface area contributed by atoms with Gasteiger partial charge in [0, 0.05) is 6.07 Å². The summed E-state index contributed by atoms with van der Waals surface area (Å²) in [5, 5.41) is 10.4. The Morgan fingerprint density at radius 3 is 2.67 bits per heavy atom. The number of benzene rings is 1. The summed E-state index contributed by atoms with van der Waals surface area (Å²) in [4.78, 5) is 9.87. The van der Waals surface area contributed by atoms with E-state index in [9.17, 15) is 10.1 Å². The van der Waals surface area contributed by atoms with Crippen LogP contribution in [0.1, 0.15) is 0 Å². The van der Waals surface area contributed by atoms with Gasteiger partial charge in [-0.3, -0.25) is 10.1 Å². The number of nitro groups is 1. The summed E-state index contributed by atoms with van der Waals surface area (Å²) in [7, 11) is 6.79. The van der Waals surface area contributed by atoms with Gasteiger partial charge < -0.3 is 4.74 Å². The molecule has 0 unspecified atom stereocenters. The standard InChI is InChI=1S/C7H6BNO3/c1-12-7-5(8)3-2-4-6(7)9(10)11/h2-4H,1H3. The zero-order chi connectivity index (χ0) is 9.14. The first-order valence-electron chi connectivity index (χ1n) is 3.23. The average Bonchev–Trinajstić information content (AvgIpc) is 2.03. The molecule has 4 nitrogen and oxygen atoms in total. The van der Waals surface area contributed by atoms with Crippen LogP contribution in [0.3, 0.4) is 0 Å². The Kier molecular flexibility index (Phi) is 2.33. The Labute approximate surface area is 70.7 Å². The lowest BCUT2D eigenvalue weighted by Crippen LogP contribution is -2.08. The summed E-state index contributed by atoms with van der Waals surface area (Å²) < 4.78 is 4.77. The molecule has 0 aliphatic carbocycles. The van der Waals surface area contributed by atoms with E-state index in [4.69, 9.17) is 12.6 Å². The van der Waals surface area contributed by atoms with Crippen LogP contribution in [0.5, 0.6) is 5.75 Å². The molecule has 0 amide bonds. The smallest absolute Gasteiger partial charge is 0.310 e. The number of hydrogen-bond donors (Lipinski definition) is 0. The van der Waals surface area contributed by atoms with E-state index in [-0.39, 0.29) is 16.9 Å². The second kappa shape index (κ2) is 3.25. The molecule has 0 N–H and O–H groups in total. The van der Waals surface area contributed by atoms with Gasteiger partial charge in [-0.25, -0.2) is 0 Å². The lowest BCUT2D eigenvalue weighted by atomic mass is 9.94. The van der Waals surface area contributed by atoms with Gasteiger partial charge in [0.1, 0.15) is 7.85 Å². The molecule has 0 heterocycles. The van der Waals surface area contributed by atoms with Crippen molar-refractivity contribution in [3.63, 3.8) is 0 Å². The average molecular weight is 163 g/mol. The van der Waals surface area contributed by atoms with Crippen LogP contribution < -0.4 is 10.2 Å². The fraction of sp³-hybridized carbons (Fsp3) is 0.143. The molecule has 0 aliphatic rings. The molecule has 0 fully saturated rings. The van der Waals surface area contributed by atoms with Gasteiger partial charge in [0.25, 0.3) is 0 Å². The summed E-state index contributed by atoms with van der Waals surface area (Å²) in [5.74, 6) is 0.113. The number of nitro benzene ring substituents is 1. The molecule has 0 bridgehead atoms. The van der Waals surface area contributed by atoms with E-state index in [1.165, 1.54) is 19.2 Å². The molecule has 0 aromatic heterocycles. The summed E-state index contributed by atoms with van der Waals surface area (Å²) in [6.45, 7) is 0. The second-order valence-corrected chi connectivity index (χ2v) is 2.16. The predicted octanol–water partition coefficient (Wildman–Crippen LogP) is 0.397. The molecule has 1 rings (SSSR count). The van der Waals surface area contributed by atoms with Crippen LogP contribution in [0, 0.1) is 10.1 Å². The van der Waals surface area contributed by atoms with Gasteiger partial charge >= 0.3 is 5.69 Å². The number of rotatable bonds is 2. The van der Waals surface area contributed by atoms with Crippen molar-refractivity contribution < 1.29 is 9.66 Å². The maximum Gasteiger partial charge on any atom is 0.310 e. The van der Waals surface area contributed by atoms with E-state index in [1.54, 1.807) is 6.07 Å². The molecule has 0 atom stereocenters. The van der Waals surface area contributed by atoms with Crippen molar-refractivity contribution in [2.24, 2.45) is 0 Å². The third kappa shape index (κ3) is 1.39. The van der Waals surface area contributed by atoms with E-state index < -0.39 is 4.92 Å². The predicted molar refractivity (Wildman–Crippen MR) is 45.0 cm³/mol. The number of nitrogens with zero attached hydrogens (tertiary/aromatic N) is 1. The first-order valence-corrected chi connectivity index (χ1v) is 3.23. The van der Waals surface area contributed by atoms with Gasteiger partial charge in [-0.05, 0) is 5.46 Å². The molecule has 12 heavy (non-hydrogen) atoms. The van der Waals surface area contributed by atoms with E-state index >= 15 is 0 Å². The Morgan fingerprint density at radius 2 is 2.25 bits per heavy atom. The first-order chi connectivity index (χ1) is 5.66. The zero-order valence-electron chi connectivity index (χ0n) is 6.48. The molecule has 0 aliphatic heterocycles. The van der Waals surface area contributed by atoms with Crippen LogP contribution in [0.4, 0.5) is 5.69 Å². The number of para-hydroxylation sites is 1. The fourth-order valence-corrected chi connectivity index (χ4v) is 0.908. The van der Waals surface area contributed by atoms with Gasteiger partial charge in [0.2, 0.25) is 0 Å². The third-order valence-electron chi connectivity index (χ3n) is 1.43. The maximum absolute atomic E-state index is 10.4. The van der Waals surface area contributed by atoms with Crippen molar-refractivity contribution in [2.75, 3.05) is 7.11 Å². The lowest BCUT2D eigenvalue weighted by molar-refractivity contribution is -0.385. The summed E-state index contributed by atoms with van der Waals surface area (Å²) in [6.07, 6.45) is 0. The van der Waals surface area contributed by atoms with Crippen LogP contribution >= 0.6 is 0 Å². The fourth-order valence-electron chi connectivity index (χ4n) is 0.908. The molecule has 2 radical (unpaired) electrons. The first kappa shape index (κ1) is 8.58. The normalized spacial score (nSPS) is 9.42. The second-order valence-electron chi connectivity index (χ2n) is 2.16. The number of ether oxygens (including phenoxy) is 1. The van der Waals surface area contributed by atoms with E-state index in [2.05, 4.69) is 0 Å². The molecule has 0 saturated heterocycles. The minimum atomic E-state index is -0.533. The highest BCUT2D eigenvalue weighted by Crippen LogP contribution is 2.22. The SMILES string of the molecule is [B]c1cccc([N+](=O)[O-])c1OC.